The van der Waals surface area contributed by atoms with E-state index < -0.39 is 0 Å². The number of allylic oxidation sites excluding steroid dienone is 1. The standard InChI is InChI=1S/C14H13NO/c16-12-14-9-5-11-15(14)10-4-8-13-6-2-1-3-7-13/h1-9,11-12H,10H2. The summed E-state index contributed by atoms with van der Waals surface area (Å²) in [5.41, 5.74) is 1.88. The summed E-state index contributed by atoms with van der Waals surface area (Å²) in [6.07, 6.45) is 6.87. The van der Waals surface area contributed by atoms with E-state index in [1.54, 1.807) is 0 Å². The maximum absolute atomic E-state index is 10.7. The van der Waals surface area contributed by atoms with Crippen LogP contribution in [0.2, 0.25) is 0 Å². The van der Waals surface area contributed by atoms with E-state index in [1.165, 1.54) is 5.56 Å². The first kappa shape index (κ1) is 10.4. The van der Waals surface area contributed by atoms with E-state index in [2.05, 4.69) is 6.08 Å². The number of carbonyl (C=O) groups is 1. The summed E-state index contributed by atoms with van der Waals surface area (Å²) >= 11 is 0. The molecular formula is C14H13NO. The van der Waals surface area contributed by atoms with E-state index in [9.17, 15) is 4.79 Å². The van der Waals surface area contributed by atoms with E-state index in [0.717, 1.165) is 12.8 Å². The van der Waals surface area contributed by atoms with Crippen molar-refractivity contribution in [2.75, 3.05) is 0 Å². The van der Waals surface area contributed by atoms with E-state index in [0.29, 0.717) is 5.69 Å². The summed E-state index contributed by atoms with van der Waals surface area (Å²) in [5.74, 6) is 0. The quantitative estimate of drug-likeness (QED) is 0.712. The van der Waals surface area contributed by atoms with Crippen LogP contribution < -0.4 is 0 Å². The Bertz CT molecular complexity index is 482. The second-order valence-electron chi connectivity index (χ2n) is 3.52. The molecule has 2 rings (SSSR count). The number of hydrogen-bond donors (Lipinski definition) is 0. The van der Waals surface area contributed by atoms with Gasteiger partial charge in [0.05, 0.1) is 5.69 Å². The predicted octanol–water partition coefficient (Wildman–Crippen LogP) is 3.01. The first-order valence-corrected chi connectivity index (χ1v) is 5.22. The summed E-state index contributed by atoms with van der Waals surface area (Å²) in [5, 5.41) is 0. The van der Waals surface area contributed by atoms with Crippen molar-refractivity contribution in [2.24, 2.45) is 0 Å². The molecule has 0 aliphatic carbocycles. The average molecular weight is 211 g/mol. The highest BCUT2D eigenvalue weighted by molar-refractivity contribution is 5.72. The molecule has 2 heteroatoms. The van der Waals surface area contributed by atoms with Crippen LogP contribution in [0.4, 0.5) is 0 Å². The Kier molecular flexibility index (Phi) is 3.34. The summed E-state index contributed by atoms with van der Waals surface area (Å²) in [7, 11) is 0. The van der Waals surface area contributed by atoms with Gasteiger partial charge >= 0.3 is 0 Å². The normalized spacial score (nSPS) is 10.8. The highest BCUT2D eigenvalue weighted by Crippen LogP contribution is 2.03. The van der Waals surface area contributed by atoms with Crippen LogP contribution in [0.15, 0.2) is 54.7 Å². The SMILES string of the molecule is O=Cc1cccn1CC=Cc1ccccc1. The van der Waals surface area contributed by atoms with Crippen LogP contribution in [-0.4, -0.2) is 10.9 Å². The average Bonchev–Trinajstić information content (AvgIpc) is 2.78. The van der Waals surface area contributed by atoms with Crippen molar-refractivity contribution in [3.63, 3.8) is 0 Å². The third-order valence-electron chi connectivity index (χ3n) is 2.40. The Labute approximate surface area is 94.8 Å². The molecule has 0 saturated heterocycles. The topological polar surface area (TPSA) is 22.0 Å². The van der Waals surface area contributed by atoms with Crippen molar-refractivity contribution in [3.05, 3.63) is 66.0 Å². The molecule has 0 bridgehead atoms. The third kappa shape index (κ3) is 2.48. The largest absolute Gasteiger partial charge is 0.342 e. The molecule has 16 heavy (non-hydrogen) atoms. The molecule has 0 N–H and O–H groups in total. The number of aldehydes is 1. The first-order valence-electron chi connectivity index (χ1n) is 5.22. The lowest BCUT2D eigenvalue weighted by atomic mass is 10.2. The second kappa shape index (κ2) is 5.12. The number of benzene rings is 1. The van der Waals surface area contributed by atoms with Crippen molar-refractivity contribution >= 4 is 12.4 Å². The Hall–Kier alpha value is -2.09. The minimum Gasteiger partial charge on any atom is -0.342 e. The van der Waals surface area contributed by atoms with Gasteiger partial charge < -0.3 is 4.57 Å². The molecule has 0 spiro atoms. The van der Waals surface area contributed by atoms with Gasteiger partial charge in [-0.05, 0) is 17.7 Å². The van der Waals surface area contributed by atoms with Crippen molar-refractivity contribution in [1.82, 2.24) is 4.57 Å². The molecule has 0 saturated carbocycles. The van der Waals surface area contributed by atoms with Crippen molar-refractivity contribution in [1.29, 1.82) is 0 Å². The van der Waals surface area contributed by atoms with Crippen LogP contribution in [0, 0.1) is 0 Å². The molecule has 1 heterocycles. The van der Waals surface area contributed by atoms with Crippen LogP contribution in [-0.2, 0) is 6.54 Å². The maximum Gasteiger partial charge on any atom is 0.166 e. The van der Waals surface area contributed by atoms with Gasteiger partial charge in [0.25, 0.3) is 0 Å². The van der Waals surface area contributed by atoms with E-state index in [4.69, 9.17) is 0 Å². The van der Waals surface area contributed by atoms with Crippen molar-refractivity contribution < 1.29 is 4.79 Å². The van der Waals surface area contributed by atoms with Gasteiger partial charge in [-0.15, -0.1) is 0 Å². The van der Waals surface area contributed by atoms with Crippen LogP contribution in [0.25, 0.3) is 6.08 Å². The monoisotopic (exact) mass is 211 g/mol. The second-order valence-corrected chi connectivity index (χ2v) is 3.52. The lowest BCUT2D eigenvalue weighted by molar-refractivity contribution is 0.111. The number of aromatic nitrogens is 1. The lowest BCUT2D eigenvalue weighted by Gasteiger charge is -1.99. The first-order chi connectivity index (χ1) is 7.90. The zero-order valence-electron chi connectivity index (χ0n) is 8.91. The zero-order chi connectivity index (χ0) is 11.2. The molecule has 0 amide bonds. The minimum atomic E-state index is 0.706. The van der Waals surface area contributed by atoms with Crippen molar-refractivity contribution in [2.45, 2.75) is 6.54 Å². The molecular weight excluding hydrogens is 198 g/mol. The van der Waals surface area contributed by atoms with Gasteiger partial charge in [-0.2, -0.15) is 0 Å². The molecule has 80 valence electrons. The van der Waals surface area contributed by atoms with Gasteiger partial charge in [0.2, 0.25) is 0 Å². The van der Waals surface area contributed by atoms with E-state index >= 15 is 0 Å². The fourth-order valence-corrected chi connectivity index (χ4v) is 1.57. The van der Waals surface area contributed by atoms with Crippen LogP contribution in [0.5, 0.6) is 0 Å². The van der Waals surface area contributed by atoms with Crippen LogP contribution in [0.1, 0.15) is 16.1 Å². The molecule has 2 nitrogen and oxygen atoms in total. The molecule has 1 aromatic heterocycles. The lowest BCUT2D eigenvalue weighted by Crippen LogP contribution is -1.97. The van der Waals surface area contributed by atoms with Crippen LogP contribution >= 0.6 is 0 Å². The third-order valence-corrected chi connectivity index (χ3v) is 2.40. The van der Waals surface area contributed by atoms with Gasteiger partial charge in [0, 0.05) is 12.7 Å². The summed E-state index contributed by atoms with van der Waals surface area (Å²) in [4.78, 5) is 10.7. The molecule has 0 aliphatic rings. The molecule has 2 aromatic rings. The van der Waals surface area contributed by atoms with Gasteiger partial charge in [-0.3, -0.25) is 4.79 Å². The Morgan fingerprint density at radius 1 is 1.06 bits per heavy atom. The van der Waals surface area contributed by atoms with Gasteiger partial charge in [-0.25, -0.2) is 0 Å². The highest BCUT2D eigenvalue weighted by Gasteiger charge is 1.95. The van der Waals surface area contributed by atoms with E-state index in [1.807, 2.05) is 59.3 Å². The molecule has 0 unspecified atom stereocenters. The summed E-state index contributed by atoms with van der Waals surface area (Å²) in [6, 6.07) is 13.8. The van der Waals surface area contributed by atoms with Gasteiger partial charge in [0.15, 0.2) is 6.29 Å². The summed E-state index contributed by atoms with van der Waals surface area (Å²) < 4.78 is 1.91. The molecule has 0 aliphatic heterocycles. The van der Waals surface area contributed by atoms with Crippen molar-refractivity contribution in [3.8, 4) is 0 Å². The molecule has 1 aromatic carbocycles. The Morgan fingerprint density at radius 3 is 2.62 bits per heavy atom. The molecule has 0 radical (unpaired) electrons. The van der Waals surface area contributed by atoms with Gasteiger partial charge in [0.1, 0.15) is 0 Å². The highest BCUT2D eigenvalue weighted by atomic mass is 16.1. The zero-order valence-corrected chi connectivity index (χ0v) is 8.91. The number of nitrogens with zero attached hydrogens (tertiary/aromatic N) is 1. The maximum atomic E-state index is 10.7. The summed E-state index contributed by atoms with van der Waals surface area (Å²) in [6.45, 7) is 0.718. The molecule has 0 fully saturated rings. The smallest absolute Gasteiger partial charge is 0.166 e. The van der Waals surface area contributed by atoms with Gasteiger partial charge in [-0.1, -0.05) is 42.5 Å². The number of hydrogen-bond acceptors (Lipinski definition) is 1. The van der Waals surface area contributed by atoms with Crippen LogP contribution in [0.3, 0.4) is 0 Å². The van der Waals surface area contributed by atoms with E-state index in [-0.39, 0.29) is 0 Å². The fraction of sp³-hybridized carbons (Fsp3) is 0.0714. The number of rotatable bonds is 4. The minimum absolute atomic E-state index is 0.706. The molecule has 0 atom stereocenters. The Balaban J connectivity index is 2.02. The fourth-order valence-electron chi connectivity index (χ4n) is 1.57. The number of carbonyl (C=O) groups excluding carboxylic acids is 1. The Morgan fingerprint density at radius 2 is 1.88 bits per heavy atom. The predicted molar refractivity (Wildman–Crippen MR) is 65.3 cm³/mol.